The number of Topliss-reactive ketones (excluding diaryl/α,β-unsaturated/α-hetero) is 1. The number of carbonyl (C=O) groups is 2. The molecule has 0 saturated heterocycles. The van der Waals surface area contributed by atoms with Crippen molar-refractivity contribution in [2.45, 2.75) is 32.6 Å². The van der Waals surface area contributed by atoms with Gasteiger partial charge in [-0.2, -0.15) is 5.26 Å². The first kappa shape index (κ1) is 12.4. The number of ether oxygens (including phenoxy) is 1. The van der Waals surface area contributed by atoms with Gasteiger partial charge >= 0.3 is 5.97 Å². The zero-order valence-electron chi connectivity index (χ0n) is 9.36. The number of esters is 1. The Labute approximate surface area is 94.9 Å². The molecule has 86 valence electrons. The van der Waals surface area contributed by atoms with Gasteiger partial charge in [-0.1, -0.05) is 6.08 Å². The number of hydrogen-bond acceptors (Lipinski definition) is 4. The molecule has 1 rings (SSSR count). The summed E-state index contributed by atoms with van der Waals surface area (Å²) in [7, 11) is 0. The fraction of sp³-hybridized carbons (Fsp3) is 0.583. The van der Waals surface area contributed by atoms with E-state index in [2.05, 4.69) is 0 Å². The second-order valence-corrected chi connectivity index (χ2v) is 3.81. The molecule has 0 amide bonds. The third kappa shape index (κ3) is 2.30. The number of rotatable bonds is 4. The highest BCUT2D eigenvalue weighted by atomic mass is 16.5. The van der Waals surface area contributed by atoms with E-state index in [0.717, 1.165) is 6.42 Å². The van der Waals surface area contributed by atoms with Crippen molar-refractivity contribution in [3.05, 3.63) is 12.2 Å². The first-order chi connectivity index (χ1) is 7.67. The molecule has 0 heterocycles. The van der Waals surface area contributed by atoms with E-state index in [-0.39, 0.29) is 18.8 Å². The maximum atomic E-state index is 11.8. The van der Waals surface area contributed by atoms with Crippen molar-refractivity contribution in [2.75, 3.05) is 6.61 Å². The van der Waals surface area contributed by atoms with E-state index in [4.69, 9.17) is 10.00 Å². The molecule has 0 aromatic carbocycles. The second-order valence-electron chi connectivity index (χ2n) is 3.81. The highest BCUT2D eigenvalue weighted by Crippen LogP contribution is 2.39. The lowest BCUT2D eigenvalue weighted by Crippen LogP contribution is -2.36. The number of ketones is 1. The summed E-state index contributed by atoms with van der Waals surface area (Å²) in [5, 5.41) is 8.39. The first-order valence-corrected chi connectivity index (χ1v) is 5.42. The van der Waals surface area contributed by atoms with Crippen LogP contribution in [0.3, 0.4) is 0 Å². The Morgan fingerprint density at radius 3 is 2.94 bits per heavy atom. The van der Waals surface area contributed by atoms with Crippen LogP contribution in [0.5, 0.6) is 0 Å². The molecule has 1 fully saturated rings. The van der Waals surface area contributed by atoms with Gasteiger partial charge in [-0.25, -0.2) is 0 Å². The Hall–Kier alpha value is -1.63. The summed E-state index contributed by atoms with van der Waals surface area (Å²) in [5.74, 6) is -0.506. The van der Waals surface area contributed by atoms with Crippen molar-refractivity contribution >= 4 is 11.8 Å². The molecule has 1 aliphatic rings. The Kier molecular flexibility index (Phi) is 4.24. The standard InChI is InChI=1S/C12H15NO3/c1-2-16-11(15)12(7-3-4-9-13)8-5-6-10(12)14/h3-4H,2,5-8H2,1H3/b4-3+. The van der Waals surface area contributed by atoms with Crippen LogP contribution in [0.4, 0.5) is 0 Å². The lowest BCUT2D eigenvalue weighted by Gasteiger charge is -2.23. The molecule has 16 heavy (non-hydrogen) atoms. The lowest BCUT2D eigenvalue weighted by molar-refractivity contribution is -0.158. The number of hydrogen-bond donors (Lipinski definition) is 0. The fourth-order valence-electron chi connectivity index (χ4n) is 2.03. The van der Waals surface area contributed by atoms with E-state index < -0.39 is 11.4 Å². The molecule has 0 bridgehead atoms. The third-order valence-corrected chi connectivity index (χ3v) is 2.87. The summed E-state index contributed by atoms with van der Waals surface area (Å²) < 4.78 is 4.95. The van der Waals surface area contributed by atoms with Gasteiger partial charge in [0.1, 0.15) is 5.41 Å². The summed E-state index contributed by atoms with van der Waals surface area (Å²) in [6.07, 6.45) is 4.82. The maximum absolute atomic E-state index is 11.8. The largest absolute Gasteiger partial charge is 0.465 e. The molecule has 0 aromatic heterocycles. The predicted molar refractivity (Wildman–Crippen MR) is 57.3 cm³/mol. The van der Waals surface area contributed by atoms with Gasteiger partial charge in [0.05, 0.1) is 12.7 Å². The van der Waals surface area contributed by atoms with Crippen molar-refractivity contribution in [1.29, 1.82) is 5.26 Å². The molecule has 1 atom stereocenters. The van der Waals surface area contributed by atoms with Crippen molar-refractivity contribution in [3.8, 4) is 6.07 Å². The second kappa shape index (κ2) is 5.45. The fourth-order valence-corrected chi connectivity index (χ4v) is 2.03. The van der Waals surface area contributed by atoms with E-state index >= 15 is 0 Å². The Morgan fingerprint density at radius 2 is 2.44 bits per heavy atom. The van der Waals surface area contributed by atoms with E-state index in [1.54, 1.807) is 13.0 Å². The average Bonchev–Trinajstić information content (AvgIpc) is 2.62. The quantitative estimate of drug-likeness (QED) is 0.412. The van der Waals surface area contributed by atoms with Crippen molar-refractivity contribution in [2.24, 2.45) is 5.41 Å². The van der Waals surface area contributed by atoms with Gasteiger partial charge in [-0.15, -0.1) is 0 Å². The summed E-state index contributed by atoms with van der Waals surface area (Å²) in [5.41, 5.74) is -1.02. The normalized spacial score (nSPS) is 24.6. The molecule has 1 saturated carbocycles. The van der Waals surface area contributed by atoms with Gasteiger partial charge in [-0.3, -0.25) is 9.59 Å². The first-order valence-electron chi connectivity index (χ1n) is 5.42. The van der Waals surface area contributed by atoms with Gasteiger partial charge in [0.2, 0.25) is 0 Å². The maximum Gasteiger partial charge on any atom is 0.319 e. The highest BCUT2D eigenvalue weighted by Gasteiger charge is 2.48. The summed E-state index contributed by atoms with van der Waals surface area (Å²) >= 11 is 0. The number of allylic oxidation sites excluding steroid dienone is 2. The summed E-state index contributed by atoms with van der Waals surface area (Å²) in [4.78, 5) is 23.6. The van der Waals surface area contributed by atoms with Gasteiger partial charge in [-0.05, 0) is 26.2 Å². The van der Waals surface area contributed by atoms with E-state index in [1.807, 2.05) is 6.07 Å². The topological polar surface area (TPSA) is 67.2 Å². The van der Waals surface area contributed by atoms with Crippen molar-refractivity contribution in [3.63, 3.8) is 0 Å². The van der Waals surface area contributed by atoms with Crippen molar-refractivity contribution < 1.29 is 14.3 Å². The number of nitriles is 1. The van der Waals surface area contributed by atoms with Gasteiger partial charge < -0.3 is 4.74 Å². The van der Waals surface area contributed by atoms with E-state index in [0.29, 0.717) is 12.8 Å². The molecule has 0 N–H and O–H groups in total. The Bertz CT molecular complexity index is 354. The molecule has 0 radical (unpaired) electrons. The molecular weight excluding hydrogens is 206 g/mol. The molecule has 0 aromatic rings. The van der Waals surface area contributed by atoms with Crippen LogP contribution in [0.1, 0.15) is 32.6 Å². The van der Waals surface area contributed by atoms with Crippen LogP contribution < -0.4 is 0 Å². The Balaban J connectivity index is 2.85. The molecule has 0 aliphatic heterocycles. The molecule has 4 nitrogen and oxygen atoms in total. The summed E-state index contributed by atoms with van der Waals surface area (Å²) in [6.45, 7) is 1.99. The lowest BCUT2D eigenvalue weighted by atomic mass is 9.81. The average molecular weight is 221 g/mol. The molecule has 0 spiro atoms. The minimum Gasteiger partial charge on any atom is -0.465 e. The van der Waals surface area contributed by atoms with Gasteiger partial charge in [0.15, 0.2) is 5.78 Å². The Morgan fingerprint density at radius 1 is 1.69 bits per heavy atom. The van der Waals surface area contributed by atoms with Crippen LogP contribution in [0.25, 0.3) is 0 Å². The van der Waals surface area contributed by atoms with Crippen LogP contribution in [-0.4, -0.2) is 18.4 Å². The summed E-state index contributed by atoms with van der Waals surface area (Å²) in [6, 6.07) is 1.85. The van der Waals surface area contributed by atoms with E-state index in [1.165, 1.54) is 6.08 Å². The van der Waals surface area contributed by atoms with Gasteiger partial charge in [0.25, 0.3) is 0 Å². The SMILES string of the molecule is CCOC(=O)C1(C/C=C/C#N)CCCC1=O. The van der Waals surface area contributed by atoms with Gasteiger partial charge in [0, 0.05) is 12.5 Å². The van der Waals surface area contributed by atoms with Crippen molar-refractivity contribution in [1.82, 2.24) is 0 Å². The van der Waals surface area contributed by atoms with Crippen LogP contribution in [0.2, 0.25) is 0 Å². The van der Waals surface area contributed by atoms with Crippen LogP contribution in [0, 0.1) is 16.7 Å². The minimum absolute atomic E-state index is 0.0615. The van der Waals surface area contributed by atoms with E-state index in [9.17, 15) is 9.59 Å². The number of nitrogens with zero attached hydrogens (tertiary/aromatic N) is 1. The molecule has 1 aliphatic carbocycles. The monoisotopic (exact) mass is 221 g/mol. The predicted octanol–water partition coefficient (Wildman–Crippen LogP) is 1.76. The van der Waals surface area contributed by atoms with Crippen LogP contribution >= 0.6 is 0 Å². The smallest absolute Gasteiger partial charge is 0.319 e. The zero-order valence-corrected chi connectivity index (χ0v) is 9.36. The molecular formula is C12H15NO3. The molecule has 1 unspecified atom stereocenters. The third-order valence-electron chi connectivity index (χ3n) is 2.87. The van der Waals surface area contributed by atoms with Crippen LogP contribution in [-0.2, 0) is 14.3 Å². The minimum atomic E-state index is -1.02. The van der Waals surface area contributed by atoms with Crippen LogP contribution in [0.15, 0.2) is 12.2 Å². The molecule has 4 heteroatoms. The zero-order chi connectivity index (χ0) is 12.0. The highest BCUT2D eigenvalue weighted by molar-refractivity contribution is 6.05. The number of carbonyl (C=O) groups excluding carboxylic acids is 2.